The van der Waals surface area contributed by atoms with E-state index in [0.29, 0.717) is 36.4 Å². The summed E-state index contributed by atoms with van der Waals surface area (Å²) in [7, 11) is 1.40. The Bertz CT molecular complexity index is 770. The van der Waals surface area contributed by atoms with Crippen LogP contribution in [-0.4, -0.2) is 37.0 Å². The number of amides is 1. The second kappa shape index (κ2) is 8.31. The van der Waals surface area contributed by atoms with Gasteiger partial charge < -0.3 is 14.4 Å². The molecule has 0 atom stereocenters. The van der Waals surface area contributed by atoms with Crippen molar-refractivity contribution in [2.75, 3.05) is 20.2 Å². The van der Waals surface area contributed by atoms with E-state index >= 15 is 0 Å². The van der Waals surface area contributed by atoms with Crippen LogP contribution < -0.4 is 4.74 Å². The van der Waals surface area contributed by atoms with E-state index in [1.807, 2.05) is 11.4 Å². The normalized spacial score (nSPS) is 14.9. The molecule has 3 rings (SSSR count). The molecule has 1 aromatic heterocycles. The van der Waals surface area contributed by atoms with Gasteiger partial charge in [0.05, 0.1) is 17.9 Å². The van der Waals surface area contributed by atoms with Crippen LogP contribution in [0.15, 0.2) is 35.7 Å². The van der Waals surface area contributed by atoms with Crippen molar-refractivity contribution in [1.82, 2.24) is 4.90 Å². The topological polar surface area (TPSA) is 55.8 Å². The number of rotatable bonds is 5. The fourth-order valence-corrected chi connectivity index (χ4v) is 3.64. The molecule has 0 spiro atoms. The summed E-state index contributed by atoms with van der Waals surface area (Å²) in [6, 6.07) is 8.13. The van der Waals surface area contributed by atoms with Gasteiger partial charge in [-0.3, -0.25) is 9.59 Å². The number of methoxy groups -OCH3 is 1. The molecule has 0 N–H and O–H groups in total. The first-order chi connectivity index (χ1) is 12.6. The maximum Gasteiger partial charge on any atom is 0.309 e. The fraction of sp³-hybridized carbons (Fsp3) is 0.368. The third-order valence-electron chi connectivity index (χ3n) is 4.44. The van der Waals surface area contributed by atoms with Gasteiger partial charge >= 0.3 is 5.97 Å². The first kappa shape index (κ1) is 18.4. The smallest absolute Gasteiger partial charge is 0.309 e. The molecule has 1 aliphatic rings. The number of nitrogens with zero attached hydrogens (tertiary/aromatic N) is 1. The minimum atomic E-state index is -0.485. The summed E-state index contributed by atoms with van der Waals surface area (Å²) in [6.45, 7) is 1.09. The summed E-state index contributed by atoms with van der Waals surface area (Å²) < 4.78 is 23.8. The van der Waals surface area contributed by atoms with Crippen LogP contribution in [-0.2, 0) is 16.1 Å². The summed E-state index contributed by atoms with van der Waals surface area (Å²) in [5, 5.41) is 1.87. The maximum absolute atomic E-state index is 13.7. The van der Waals surface area contributed by atoms with Crippen LogP contribution in [0.25, 0.3) is 0 Å². The van der Waals surface area contributed by atoms with Gasteiger partial charge in [-0.05, 0) is 42.0 Å². The largest absolute Gasteiger partial charge is 0.494 e. The highest BCUT2D eigenvalue weighted by atomic mass is 32.1. The minimum Gasteiger partial charge on any atom is -0.494 e. The van der Waals surface area contributed by atoms with Crippen LogP contribution in [0.2, 0.25) is 0 Å². The van der Waals surface area contributed by atoms with Crippen LogP contribution in [0.3, 0.4) is 0 Å². The number of hydrogen-bond acceptors (Lipinski definition) is 5. The Morgan fingerprint density at radius 2 is 2.04 bits per heavy atom. The lowest BCUT2D eigenvalue weighted by Crippen LogP contribution is -2.40. The van der Waals surface area contributed by atoms with Crippen molar-refractivity contribution >= 4 is 23.2 Å². The van der Waals surface area contributed by atoms with E-state index in [1.54, 1.807) is 17.0 Å². The summed E-state index contributed by atoms with van der Waals surface area (Å²) in [5.41, 5.74) is 0.571. The molecule has 7 heteroatoms. The Morgan fingerprint density at radius 1 is 1.27 bits per heavy atom. The lowest BCUT2D eigenvalue weighted by Gasteiger charge is -2.30. The van der Waals surface area contributed by atoms with E-state index in [1.165, 1.54) is 30.6 Å². The first-order valence-corrected chi connectivity index (χ1v) is 9.28. The summed E-state index contributed by atoms with van der Waals surface area (Å²) in [5.74, 6) is -0.847. The first-order valence-electron chi connectivity index (χ1n) is 8.40. The number of benzene rings is 1. The van der Waals surface area contributed by atoms with Gasteiger partial charge in [0.25, 0.3) is 5.91 Å². The second-order valence-corrected chi connectivity index (χ2v) is 7.07. The number of halogens is 1. The van der Waals surface area contributed by atoms with Crippen molar-refractivity contribution in [2.24, 2.45) is 5.92 Å². The number of carbonyl (C=O) groups is 2. The Kier molecular flexibility index (Phi) is 5.88. The van der Waals surface area contributed by atoms with Crippen LogP contribution >= 0.6 is 11.3 Å². The van der Waals surface area contributed by atoms with Crippen LogP contribution in [0.4, 0.5) is 4.39 Å². The molecule has 0 radical (unpaired) electrons. The van der Waals surface area contributed by atoms with Gasteiger partial charge in [0, 0.05) is 13.1 Å². The Morgan fingerprint density at radius 3 is 2.65 bits per heavy atom. The molecule has 1 amide bonds. The van der Waals surface area contributed by atoms with Crippen molar-refractivity contribution in [3.05, 3.63) is 52.0 Å². The molecule has 26 heavy (non-hydrogen) atoms. The second-order valence-electron chi connectivity index (χ2n) is 6.12. The van der Waals surface area contributed by atoms with Gasteiger partial charge in [-0.25, -0.2) is 4.39 Å². The molecule has 1 fully saturated rings. The SMILES string of the molecule is COc1ccc(COC(=O)C2CCN(C(=O)c3cccs3)CC2)cc1F. The van der Waals surface area contributed by atoms with Crippen molar-refractivity contribution < 1.29 is 23.5 Å². The zero-order valence-electron chi connectivity index (χ0n) is 14.4. The standard InChI is InChI=1S/C19H20FNO4S/c1-24-16-5-4-13(11-15(16)20)12-25-19(23)14-6-8-21(9-7-14)18(22)17-3-2-10-26-17/h2-5,10-11,14H,6-9,12H2,1H3. The zero-order valence-corrected chi connectivity index (χ0v) is 15.3. The van der Waals surface area contributed by atoms with E-state index in [-0.39, 0.29) is 30.2 Å². The molecule has 1 aromatic carbocycles. The number of likely N-dealkylation sites (tertiary alicyclic amines) is 1. The van der Waals surface area contributed by atoms with Crippen molar-refractivity contribution in [2.45, 2.75) is 19.4 Å². The third-order valence-corrected chi connectivity index (χ3v) is 5.30. The van der Waals surface area contributed by atoms with Gasteiger partial charge in [0.2, 0.25) is 0 Å². The predicted molar refractivity (Wildman–Crippen MR) is 95.7 cm³/mol. The minimum absolute atomic E-state index is 0.0144. The molecule has 2 aromatic rings. The highest BCUT2D eigenvalue weighted by molar-refractivity contribution is 7.12. The van der Waals surface area contributed by atoms with E-state index in [2.05, 4.69) is 0 Å². The average molecular weight is 377 g/mol. The number of piperidine rings is 1. The van der Waals surface area contributed by atoms with Crippen molar-refractivity contribution in [3.63, 3.8) is 0 Å². The number of ether oxygens (including phenoxy) is 2. The predicted octanol–water partition coefficient (Wildman–Crippen LogP) is 3.49. The molecule has 138 valence electrons. The quantitative estimate of drug-likeness (QED) is 0.749. The molecule has 2 heterocycles. The molecular weight excluding hydrogens is 357 g/mol. The van der Waals surface area contributed by atoms with Crippen LogP contribution in [0.5, 0.6) is 5.75 Å². The van der Waals surface area contributed by atoms with Gasteiger partial charge in [-0.1, -0.05) is 12.1 Å². The molecule has 1 saturated heterocycles. The van der Waals surface area contributed by atoms with Gasteiger partial charge in [0.15, 0.2) is 11.6 Å². The lowest BCUT2D eigenvalue weighted by atomic mass is 9.97. The lowest BCUT2D eigenvalue weighted by molar-refractivity contribution is -0.151. The van der Waals surface area contributed by atoms with E-state index in [0.717, 1.165) is 0 Å². The zero-order chi connectivity index (χ0) is 18.5. The van der Waals surface area contributed by atoms with Gasteiger partial charge in [-0.2, -0.15) is 0 Å². The maximum atomic E-state index is 13.7. The molecule has 0 aliphatic carbocycles. The number of carbonyl (C=O) groups excluding carboxylic acids is 2. The third kappa shape index (κ3) is 4.22. The average Bonchev–Trinajstić information content (AvgIpc) is 3.20. The van der Waals surface area contributed by atoms with Crippen LogP contribution in [0, 0.1) is 11.7 Å². The van der Waals surface area contributed by atoms with E-state index < -0.39 is 5.82 Å². The molecule has 0 bridgehead atoms. The van der Waals surface area contributed by atoms with Gasteiger partial charge in [-0.15, -0.1) is 11.3 Å². The highest BCUT2D eigenvalue weighted by Gasteiger charge is 2.29. The number of thiophene rings is 1. The molecule has 5 nitrogen and oxygen atoms in total. The molecule has 1 aliphatic heterocycles. The fourth-order valence-electron chi connectivity index (χ4n) is 2.95. The summed E-state index contributed by atoms with van der Waals surface area (Å²) in [6.07, 6.45) is 1.15. The van der Waals surface area contributed by atoms with E-state index in [4.69, 9.17) is 9.47 Å². The monoisotopic (exact) mass is 377 g/mol. The molecular formula is C19H20FNO4S. The number of hydrogen-bond donors (Lipinski definition) is 0. The Balaban J connectivity index is 1.48. The Labute approximate surface area is 155 Å². The summed E-state index contributed by atoms with van der Waals surface area (Å²) in [4.78, 5) is 27.0. The highest BCUT2D eigenvalue weighted by Crippen LogP contribution is 2.23. The van der Waals surface area contributed by atoms with Gasteiger partial charge in [0.1, 0.15) is 6.61 Å². The van der Waals surface area contributed by atoms with E-state index in [9.17, 15) is 14.0 Å². The van der Waals surface area contributed by atoms with Crippen LogP contribution in [0.1, 0.15) is 28.1 Å². The molecule has 0 unspecified atom stereocenters. The molecule has 0 saturated carbocycles. The Hall–Kier alpha value is -2.41. The van der Waals surface area contributed by atoms with Crippen molar-refractivity contribution in [1.29, 1.82) is 0 Å². The van der Waals surface area contributed by atoms with Crippen molar-refractivity contribution in [3.8, 4) is 5.75 Å². The summed E-state index contributed by atoms with van der Waals surface area (Å²) >= 11 is 1.42. The number of esters is 1.